The summed E-state index contributed by atoms with van der Waals surface area (Å²) >= 11 is 0. The summed E-state index contributed by atoms with van der Waals surface area (Å²) in [4.78, 5) is 0. The first-order chi connectivity index (χ1) is 9.79. The van der Waals surface area contributed by atoms with Crippen LogP contribution in [-0.4, -0.2) is 0 Å². The second-order valence-electron chi connectivity index (χ2n) is 9.43. The maximum atomic E-state index is 2.66. The van der Waals surface area contributed by atoms with Crippen molar-refractivity contribution in [2.75, 3.05) is 0 Å². The van der Waals surface area contributed by atoms with Gasteiger partial charge >= 0.3 is 0 Å². The molecule has 8 unspecified atom stereocenters. The molecule has 5 fully saturated rings. The van der Waals surface area contributed by atoms with Gasteiger partial charge in [-0.2, -0.15) is 0 Å². The van der Waals surface area contributed by atoms with E-state index in [1.165, 1.54) is 23.7 Å². The summed E-state index contributed by atoms with van der Waals surface area (Å²) in [5.74, 6) is 10.3. The van der Waals surface area contributed by atoms with E-state index in [-0.39, 0.29) is 0 Å². The molecule has 8 atom stereocenters. The van der Waals surface area contributed by atoms with E-state index >= 15 is 0 Å². The quantitative estimate of drug-likeness (QED) is 0.621. The van der Waals surface area contributed by atoms with Crippen LogP contribution in [0, 0.1) is 53.3 Å². The summed E-state index contributed by atoms with van der Waals surface area (Å²) in [5.41, 5.74) is 0. The Kier molecular flexibility index (Phi) is 2.82. The van der Waals surface area contributed by atoms with Crippen LogP contribution in [0.3, 0.4) is 0 Å². The molecule has 0 aromatic heterocycles. The fraction of sp³-hybridized carbons (Fsp3) is 1.00. The van der Waals surface area contributed by atoms with Gasteiger partial charge in [0, 0.05) is 0 Å². The number of hydrogen-bond acceptors (Lipinski definition) is 0. The summed E-state index contributed by atoms with van der Waals surface area (Å²) < 4.78 is 0. The van der Waals surface area contributed by atoms with Crippen LogP contribution in [0.25, 0.3) is 0 Å². The number of hydrogen-bond donors (Lipinski definition) is 0. The van der Waals surface area contributed by atoms with Crippen molar-refractivity contribution in [3.8, 4) is 0 Å². The molecule has 5 aliphatic carbocycles. The lowest BCUT2D eigenvalue weighted by Gasteiger charge is -2.37. The van der Waals surface area contributed by atoms with Gasteiger partial charge in [0.2, 0.25) is 0 Å². The van der Waals surface area contributed by atoms with E-state index in [4.69, 9.17) is 0 Å². The van der Waals surface area contributed by atoms with Crippen molar-refractivity contribution in [3.63, 3.8) is 0 Å². The van der Waals surface area contributed by atoms with Gasteiger partial charge in [0.25, 0.3) is 0 Å². The summed E-state index contributed by atoms with van der Waals surface area (Å²) in [6, 6.07) is 0. The normalized spacial score (nSPS) is 58.0. The zero-order chi connectivity index (χ0) is 13.3. The van der Waals surface area contributed by atoms with Crippen LogP contribution in [0.1, 0.15) is 71.1 Å². The molecule has 0 amide bonds. The first kappa shape index (κ1) is 12.5. The van der Waals surface area contributed by atoms with Gasteiger partial charge in [-0.3, -0.25) is 0 Å². The van der Waals surface area contributed by atoms with Crippen LogP contribution in [0.15, 0.2) is 0 Å². The minimum absolute atomic E-state index is 1.06. The molecule has 0 aromatic rings. The van der Waals surface area contributed by atoms with Gasteiger partial charge in [-0.25, -0.2) is 0 Å². The molecular weight excluding hydrogens is 240 g/mol. The fourth-order valence-electron chi connectivity index (χ4n) is 7.96. The highest BCUT2D eigenvalue weighted by Gasteiger charge is 2.53. The van der Waals surface area contributed by atoms with Gasteiger partial charge < -0.3 is 0 Å². The van der Waals surface area contributed by atoms with E-state index in [0.717, 1.165) is 29.6 Å². The van der Waals surface area contributed by atoms with Crippen molar-refractivity contribution < 1.29 is 0 Å². The van der Waals surface area contributed by atoms with Crippen molar-refractivity contribution in [2.45, 2.75) is 71.1 Å². The highest BCUT2D eigenvalue weighted by atomic mass is 14.6. The van der Waals surface area contributed by atoms with Crippen molar-refractivity contribution in [2.24, 2.45) is 53.3 Å². The zero-order valence-corrected chi connectivity index (χ0v) is 13.3. The van der Waals surface area contributed by atoms with Crippen LogP contribution in [0.4, 0.5) is 0 Å². The van der Waals surface area contributed by atoms with Crippen molar-refractivity contribution in [1.29, 1.82) is 0 Å². The predicted molar refractivity (Wildman–Crippen MR) is 83.3 cm³/mol. The van der Waals surface area contributed by atoms with E-state index in [9.17, 15) is 0 Å². The molecule has 0 heterocycles. The molecule has 5 aliphatic rings. The minimum atomic E-state index is 1.06. The molecule has 0 N–H and O–H groups in total. The summed E-state index contributed by atoms with van der Waals surface area (Å²) in [5, 5.41) is 0. The van der Waals surface area contributed by atoms with E-state index < -0.39 is 0 Å². The number of rotatable bonds is 2. The van der Waals surface area contributed by atoms with Gasteiger partial charge in [0.1, 0.15) is 0 Å². The van der Waals surface area contributed by atoms with Gasteiger partial charge in [-0.1, -0.05) is 19.8 Å². The molecule has 112 valence electrons. The maximum Gasteiger partial charge on any atom is -0.0352 e. The molecule has 0 spiro atoms. The topological polar surface area (TPSA) is 0 Å². The largest absolute Gasteiger partial charge is 0.0620 e. The van der Waals surface area contributed by atoms with E-state index in [2.05, 4.69) is 6.92 Å². The molecular formula is C20H32. The Balaban J connectivity index is 1.29. The Hall–Kier alpha value is 0. The van der Waals surface area contributed by atoms with Crippen molar-refractivity contribution in [1.82, 2.24) is 0 Å². The molecule has 5 rings (SSSR count). The van der Waals surface area contributed by atoms with Crippen LogP contribution in [-0.2, 0) is 0 Å². The maximum absolute atomic E-state index is 2.66. The Morgan fingerprint density at radius 1 is 0.650 bits per heavy atom. The fourth-order valence-corrected chi connectivity index (χ4v) is 7.96. The summed E-state index contributed by atoms with van der Waals surface area (Å²) in [6.07, 6.45) is 16.1. The lowest BCUT2D eigenvalue weighted by molar-refractivity contribution is 0.129. The third-order valence-corrected chi connectivity index (χ3v) is 8.94. The molecule has 0 radical (unpaired) electrons. The van der Waals surface area contributed by atoms with E-state index in [0.29, 0.717) is 0 Å². The van der Waals surface area contributed by atoms with Gasteiger partial charge in [0.15, 0.2) is 0 Å². The van der Waals surface area contributed by atoms with Crippen LogP contribution >= 0.6 is 0 Å². The van der Waals surface area contributed by atoms with E-state index in [1.807, 2.05) is 0 Å². The Morgan fingerprint density at radius 3 is 2.05 bits per heavy atom. The molecule has 20 heavy (non-hydrogen) atoms. The van der Waals surface area contributed by atoms with Crippen molar-refractivity contribution in [3.05, 3.63) is 0 Å². The summed E-state index contributed by atoms with van der Waals surface area (Å²) in [6.45, 7) is 2.66. The number of fused-ring (bicyclic) bond motifs is 7. The molecule has 0 aliphatic heterocycles. The Morgan fingerprint density at radius 2 is 1.30 bits per heavy atom. The van der Waals surface area contributed by atoms with Crippen molar-refractivity contribution >= 4 is 0 Å². The molecule has 4 bridgehead atoms. The van der Waals surface area contributed by atoms with Gasteiger partial charge in [-0.15, -0.1) is 0 Å². The van der Waals surface area contributed by atoms with Gasteiger partial charge in [0.05, 0.1) is 0 Å². The summed E-state index contributed by atoms with van der Waals surface area (Å²) in [7, 11) is 0. The molecule has 0 aromatic carbocycles. The predicted octanol–water partition coefficient (Wildman–Crippen LogP) is 5.52. The molecule has 5 saturated carbocycles. The first-order valence-corrected chi connectivity index (χ1v) is 9.79. The average Bonchev–Trinajstić information content (AvgIpc) is 3.19. The first-order valence-electron chi connectivity index (χ1n) is 9.79. The second-order valence-corrected chi connectivity index (χ2v) is 9.43. The third kappa shape index (κ3) is 1.72. The SMILES string of the molecule is CC(C1CC2C3CCC(C3)C2C1)C1CCC2CCC1C2. The van der Waals surface area contributed by atoms with Crippen LogP contribution in [0.5, 0.6) is 0 Å². The molecule has 0 saturated heterocycles. The Bertz CT molecular complexity index is 367. The second kappa shape index (κ2) is 4.50. The monoisotopic (exact) mass is 272 g/mol. The zero-order valence-electron chi connectivity index (χ0n) is 13.3. The third-order valence-electron chi connectivity index (χ3n) is 8.94. The Labute approximate surface area is 125 Å². The lowest BCUT2D eigenvalue weighted by Crippen LogP contribution is -2.28. The van der Waals surface area contributed by atoms with Gasteiger partial charge in [-0.05, 0) is 105 Å². The lowest BCUT2D eigenvalue weighted by atomic mass is 9.69. The molecule has 0 heteroatoms. The average molecular weight is 272 g/mol. The smallest absolute Gasteiger partial charge is 0.0352 e. The molecule has 0 nitrogen and oxygen atoms in total. The van der Waals surface area contributed by atoms with E-state index in [1.54, 1.807) is 64.2 Å². The highest BCUT2D eigenvalue weighted by Crippen LogP contribution is 2.62. The standard InChI is InChI=1S/C20H32/c1-12(18-7-3-13-2-4-14(18)8-13)17-10-19-15-5-6-16(9-15)20(19)11-17/h12-20H,2-11H2,1H3. The van der Waals surface area contributed by atoms with Crippen LogP contribution in [0.2, 0.25) is 0 Å². The highest BCUT2D eigenvalue weighted by molar-refractivity contribution is 5.03. The van der Waals surface area contributed by atoms with Crippen LogP contribution < -0.4 is 0 Å². The minimum Gasteiger partial charge on any atom is -0.0620 e.